The van der Waals surface area contributed by atoms with Gasteiger partial charge in [0.25, 0.3) is 5.91 Å². The molecule has 7 nitrogen and oxygen atoms in total. The van der Waals surface area contributed by atoms with Crippen molar-refractivity contribution in [2.45, 2.75) is 0 Å². The van der Waals surface area contributed by atoms with E-state index in [9.17, 15) is 13.6 Å². The number of carbonyl (C=O) groups excluding carboxylic acids is 1. The van der Waals surface area contributed by atoms with E-state index in [2.05, 4.69) is 10.1 Å². The van der Waals surface area contributed by atoms with Gasteiger partial charge in [-0.05, 0) is 30.3 Å². The number of anilines is 1. The van der Waals surface area contributed by atoms with E-state index in [1.54, 1.807) is 35.2 Å². The zero-order chi connectivity index (χ0) is 22.2. The number of amides is 1. The van der Waals surface area contributed by atoms with Crippen molar-refractivity contribution in [2.75, 3.05) is 31.8 Å². The van der Waals surface area contributed by atoms with Crippen LogP contribution in [0, 0.1) is 11.6 Å². The van der Waals surface area contributed by atoms with Crippen LogP contribution in [0.5, 0.6) is 5.88 Å². The van der Waals surface area contributed by atoms with Crippen LogP contribution in [0.3, 0.4) is 0 Å². The van der Waals surface area contributed by atoms with Crippen LogP contribution in [0.1, 0.15) is 0 Å². The number of fused-ring (bicyclic) bond motifs is 1. The Morgan fingerprint density at radius 1 is 1.06 bits per heavy atom. The van der Waals surface area contributed by atoms with Gasteiger partial charge in [0.05, 0.1) is 24.6 Å². The van der Waals surface area contributed by atoms with Crippen LogP contribution in [0.15, 0.2) is 54.7 Å². The fourth-order valence-electron chi connectivity index (χ4n) is 3.84. The van der Waals surface area contributed by atoms with E-state index in [4.69, 9.17) is 9.47 Å². The first-order valence-corrected chi connectivity index (χ1v) is 9.93. The van der Waals surface area contributed by atoms with Gasteiger partial charge in [0, 0.05) is 24.0 Å². The SMILES string of the molecule is COc1nccc2c1c(-c1ccc(N3CCOCC3=O)cc1)nn2-c1c(F)cccc1F. The summed E-state index contributed by atoms with van der Waals surface area (Å²) in [6.45, 7) is 0.994. The molecule has 1 aliphatic rings. The highest BCUT2D eigenvalue weighted by atomic mass is 19.1. The summed E-state index contributed by atoms with van der Waals surface area (Å²) in [4.78, 5) is 18.0. The number of morpholine rings is 1. The second-order valence-corrected chi connectivity index (χ2v) is 7.19. The second-order valence-electron chi connectivity index (χ2n) is 7.19. The van der Waals surface area contributed by atoms with E-state index in [1.165, 1.54) is 36.2 Å². The number of aromatic nitrogens is 3. The molecule has 32 heavy (non-hydrogen) atoms. The summed E-state index contributed by atoms with van der Waals surface area (Å²) >= 11 is 0. The zero-order valence-electron chi connectivity index (χ0n) is 17.1. The monoisotopic (exact) mass is 436 g/mol. The molecule has 0 spiro atoms. The standard InChI is InChI=1S/C23H18F2N4O3/c1-31-23-20-18(9-10-26-23)29(22-16(24)3-2-4-17(22)25)27-21(20)14-5-7-15(8-6-14)28-11-12-32-13-19(28)30/h2-10H,11-13H2,1H3. The second kappa shape index (κ2) is 8.01. The summed E-state index contributed by atoms with van der Waals surface area (Å²) in [5.74, 6) is -1.30. The van der Waals surface area contributed by atoms with Gasteiger partial charge in [-0.25, -0.2) is 18.4 Å². The molecule has 1 amide bonds. The smallest absolute Gasteiger partial charge is 0.253 e. The van der Waals surface area contributed by atoms with Gasteiger partial charge in [-0.15, -0.1) is 0 Å². The lowest BCUT2D eigenvalue weighted by atomic mass is 10.1. The summed E-state index contributed by atoms with van der Waals surface area (Å²) in [5, 5.41) is 5.05. The summed E-state index contributed by atoms with van der Waals surface area (Å²) in [6, 6.07) is 12.5. The molecular weight excluding hydrogens is 418 g/mol. The van der Waals surface area contributed by atoms with Gasteiger partial charge in [-0.3, -0.25) is 4.79 Å². The van der Waals surface area contributed by atoms with Crippen molar-refractivity contribution in [3.8, 4) is 22.8 Å². The van der Waals surface area contributed by atoms with Gasteiger partial charge < -0.3 is 14.4 Å². The molecule has 0 N–H and O–H groups in total. The van der Waals surface area contributed by atoms with Crippen molar-refractivity contribution in [1.29, 1.82) is 0 Å². The molecule has 1 aliphatic heterocycles. The van der Waals surface area contributed by atoms with Crippen LogP contribution in [0.25, 0.3) is 27.8 Å². The van der Waals surface area contributed by atoms with Crippen molar-refractivity contribution in [3.63, 3.8) is 0 Å². The first-order valence-electron chi connectivity index (χ1n) is 9.93. The number of para-hydroxylation sites is 1. The average Bonchev–Trinajstić information content (AvgIpc) is 3.19. The third-order valence-electron chi connectivity index (χ3n) is 5.34. The van der Waals surface area contributed by atoms with E-state index in [0.29, 0.717) is 35.3 Å². The van der Waals surface area contributed by atoms with E-state index < -0.39 is 11.6 Å². The van der Waals surface area contributed by atoms with Gasteiger partial charge in [-0.2, -0.15) is 5.10 Å². The number of methoxy groups -OCH3 is 1. The fraction of sp³-hybridized carbons (Fsp3) is 0.174. The van der Waals surface area contributed by atoms with Crippen LogP contribution >= 0.6 is 0 Å². The van der Waals surface area contributed by atoms with Gasteiger partial charge in [-0.1, -0.05) is 18.2 Å². The fourth-order valence-corrected chi connectivity index (χ4v) is 3.84. The maximum absolute atomic E-state index is 14.6. The van der Waals surface area contributed by atoms with Crippen LogP contribution in [-0.2, 0) is 9.53 Å². The Morgan fingerprint density at radius 2 is 1.81 bits per heavy atom. The van der Waals surface area contributed by atoms with Crippen LogP contribution in [-0.4, -0.2) is 47.5 Å². The number of hydrogen-bond acceptors (Lipinski definition) is 5. The van der Waals surface area contributed by atoms with Gasteiger partial charge in [0.2, 0.25) is 5.88 Å². The lowest BCUT2D eigenvalue weighted by Gasteiger charge is -2.26. The highest BCUT2D eigenvalue weighted by Gasteiger charge is 2.23. The molecule has 2 aromatic carbocycles. The van der Waals surface area contributed by atoms with Crippen molar-refractivity contribution >= 4 is 22.5 Å². The molecule has 0 bridgehead atoms. The molecule has 4 aromatic rings. The van der Waals surface area contributed by atoms with E-state index in [-0.39, 0.29) is 24.1 Å². The number of benzene rings is 2. The van der Waals surface area contributed by atoms with Crippen molar-refractivity contribution in [3.05, 3.63) is 66.4 Å². The van der Waals surface area contributed by atoms with Gasteiger partial charge >= 0.3 is 0 Å². The van der Waals surface area contributed by atoms with E-state index in [0.717, 1.165) is 5.69 Å². The van der Waals surface area contributed by atoms with Crippen LogP contribution < -0.4 is 9.64 Å². The first kappa shape index (κ1) is 20.1. The van der Waals surface area contributed by atoms with Crippen molar-refractivity contribution in [2.24, 2.45) is 0 Å². The number of nitrogens with zero attached hydrogens (tertiary/aromatic N) is 4. The van der Waals surface area contributed by atoms with Crippen LogP contribution in [0.2, 0.25) is 0 Å². The number of halogens is 2. The topological polar surface area (TPSA) is 69.5 Å². The summed E-state index contributed by atoms with van der Waals surface area (Å²) < 4.78 is 40.9. The molecule has 3 heterocycles. The first-order chi connectivity index (χ1) is 15.6. The molecule has 9 heteroatoms. The Hall–Kier alpha value is -3.85. The molecule has 162 valence electrons. The zero-order valence-corrected chi connectivity index (χ0v) is 17.1. The summed E-state index contributed by atoms with van der Waals surface area (Å²) in [6.07, 6.45) is 1.50. The van der Waals surface area contributed by atoms with Crippen LogP contribution in [0.4, 0.5) is 14.5 Å². The summed E-state index contributed by atoms with van der Waals surface area (Å²) in [5.41, 5.74) is 2.03. The Labute approximate surface area is 181 Å². The maximum atomic E-state index is 14.6. The number of hydrogen-bond donors (Lipinski definition) is 0. The molecule has 0 atom stereocenters. The lowest BCUT2D eigenvalue weighted by Crippen LogP contribution is -2.41. The maximum Gasteiger partial charge on any atom is 0.253 e. The number of carbonyl (C=O) groups is 1. The van der Waals surface area contributed by atoms with E-state index in [1.807, 2.05) is 0 Å². The number of pyridine rings is 1. The normalized spacial score (nSPS) is 14.2. The molecule has 0 unspecified atom stereocenters. The average molecular weight is 436 g/mol. The molecule has 2 aromatic heterocycles. The minimum absolute atomic E-state index is 0.0495. The predicted octanol–water partition coefficient (Wildman–Crippen LogP) is 3.74. The van der Waals surface area contributed by atoms with E-state index >= 15 is 0 Å². The lowest BCUT2D eigenvalue weighted by molar-refractivity contribution is -0.125. The summed E-state index contributed by atoms with van der Waals surface area (Å²) in [7, 11) is 1.47. The Balaban J connectivity index is 1.67. The van der Waals surface area contributed by atoms with Crippen molar-refractivity contribution in [1.82, 2.24) is 14.8 Å². The molecule has 0 saturated carbocycles. The Morgan fingerprint density at radius 3 is 2.50 bits per heavy atom. The third kappa shape index (κ3) is 3.27. The molecule has 0 radical (unpaired) electrons. The van der Waals surface area contributed by atoms with Gasteiger partial charge in [0.1, 0.15) is 18.0 Å². The largest absolute Gasteiger partial charge is 0.480 e. The minimum atomic E-state index is -0.738. The third-order valence-corrected chi connectivity index (χ3v) is 5.34. The number of ether oxygens (including phenoxy) is 2. The Kier molecular flexibility index (Phi) is 5.02. The molecular formula is C23H18F2N4O3. The molecule has 5 rings (SSSR count). The minimum Gasteiger partial charge on any atom is -0.480 e. The quantitative estimate of drug-likeness (QED) is 0.488. The molecule has 1 fully saturated rings. The molecule has 1 saturated heterocycles. The molecule has 0 aliphatic carbocycles. The number of rotatable bonds is 4. The van der Waals surface area contributed by atoms with Gasteiger partial charge in [0.15, 0.2) is 11.6 Å². The highest BCUT2D eigenvalue weighted by molar-refractivity contribution is 5.99. The highest BCUT2D eigenvalue weighted by Crippen LogP contribution is 2.36. The Bertz CT molecular complexity index is 1300. The predicted molar refractivity (Wildman–Crippen MR) is 114 cm³/mol. The van der Waals surface area contributed by atoms with Crippen molar-refractivity contribution < 1.29 is 23.0 Å².